The molecule has 3 aromatic rings. The lowest BCUT2D eigenvalue weighted by molar-refractivity contribution is 1.17. The van der Waals surface area contributed by atoms with Crippen molar-refractivity contribution in [1.29, 1.82) is 0 Å². The minimum atomic E-state index is -2.16. The second kappa shape index (κ2) is 9.73. The van der Waals surface area contributed by atoms with Gasteiger partial charge in [-0.05, 0) is 51.5 Å². The van der Waals surface area contributed by atoms with Crippen LogP contribution in [0.2, 0.25) is 0 Å². The first kappa shape index (κ1) is 21.1. The zero-order valence-corrected chi connectivity index (χ0v) is 18.5. The van der Waals surface area contributed by atoms with Crippen molar-refractivity contribution in [3.8, 4) is 0 Å². The summed E-state index contributed by atoms with van der Waals surface area (Å²) in [5, 5.41) is 0. The highest BCUT2D eigenvalue weighted by molar-refractivity contribution is 7.19. The van der Waals surface area contributed by atoms with Crippen LogP contribution in [-0.2, 0) is 18.1 Å². The first-order chi connectivity index (χ1) is 14.0. The molecule has 3 rings (SSSR count). The summed E-state index contributed by atoms with van der Waals surface area (Å²) in [6.45, 7) is 11.5. The Kier molecular flexibility index (Phi) is 7.08. The predicted octanol–water partition coefficient (Wildman–Crippen LogP) is 7.45. The van der Waals surface area contributed by atoms with Crippen LogP contribution in [0, 0.1) is 0 Å². The fraction of sp³-hybridized carbons (Fsp3) is 0.111. The van der Waals surface area contributed by atoms with Gasteiger partial charge < -0.3 is 0 Å². The molecule has 0 radical (unpaired) electrons. The van der Waals surface area contributed by atoms with Gasteiger partial charge in [-0.15, -0.1) is 0 Å². The van der Waals surface area contributed by atoms with Gasteiger partial charge in [-0.2, -0.15) is 11.1 Å². The van der Waals surface area contributed by atoms with Crippen molar-refractivity contribution in [2.24, 2.45) is 0 Å². The predicted molar refractivity (Wildman–Crippen MR) is 132 cm³/mol. The minimum Gasteiger partial charge on any atom is -0.166 e. The standard InChI is InChI=1S/C27H27ClSi/c1-4-22-7-13-25(14-8-22)19-29(28,20-26-15-9-23(5-2)10-16-26)21-27-17-11-24(6-3)12-18-27/h4-18H,1-3,19-21H2. The van der Waals surface area contributed by atoms with E-state index >= 15 is 0 Å². The molecule has 0 spiro atoms. The number of halogens is 1. The van der Waals surface area contributed by atoms with E-state index in [9.17, 15) is 0 Å². The molecule has 146 valence electrons. The normalized spacial score (nSPS) is 11.1. The molecular formula is C27H27ClSi. The molecule has 2 heteroatoms. The van der Waals surface area contributed by atoms with Crippen LogP contribution in [0.4, 0.5) is 0 Å². The van der Waals surface area contributed by atoms with E-state index in [0.29, 0.717) is 0 Å². The van der Waals surface area contributed by atoms with Gasteiger partial charge in [0.1, 0.15) is 0 Å². The SMILES string of the molecule is C=Cc1ccc(C[Si](Cl)(Cc2ccc(C=C)cc2)Cc2ccc(C=C)cc2)cc1. The maximum atomic E-state index is 7.44. The van der Waals surface area contributed by atoms with Crippen LogP contribution in [-0.4, -0.2) is 7.38 Å². The summed E-state index contributed by atoms with van der Waals surface area (Å²) < 4.78 is 0. The quantitative estimate of drug-likeness (QED) is 0.252. The first-order valence-electron chi connectivity index (χ1n) is 9.87. The Morgan fingerprint density at radius 3 is 0.966 bits per heavy atom. The Balaban J connectivity index is 1.87. The molecule has 0 heterocycles. The van der Waals surface area contributed by atoms with Crippen molar-refractivity contribution in [2.75, 3.05) is 0 Å². The van der Waals surface area contributed by atoms with E-state index in [4.69, 9.17) is 11.1 Å². The van der Waals surface area contributed by atoms with E-state index in [1.807, 2.05) is 18.2 Å². The molecule has 0 unspecified atom stereocenters. The lowest BCUT2D eigenvalue weighted by Gasteiger charge is -2.25. The van der Waals surface area contributed by atoms with Crippen molar-refractivity contribution < 1.29 is 0 Å². The Bertz CT molecular complexity index is 837. The van der Waals surface area contributed by atoms with Crippen molar-refractivity contribution in [3.63, 3.8) is 0 Å². The third kappa shape index (κ3) is 5.93. The van der Waals surface area contributed by atoms with Gasteiger partial charge in [0.05, 0.1) is 0 Å². The van der Waals surface area contributed by atoms with Crippen molar-refractivity contribution in [1.82, 2.24) is 0 Å². The number of hydrogen-bond acceptors (Lipinski definition) is 0. The Morgan fingerprint density at radius 2 is 0.759 bits per heavy atom. The van der Waals surface area contributed by atoms with Crippen molar-refractivity contribution in [3.05, 3.63) is 126 Å². The molecule has 0 aliphatic carbocycles. The van der Waals surface area contributed by atoms with Crippen LogP contribution in [0.25, 0.3) is 18.2 Å². The molecule has 0 bridgehead atoms. The zero-order chi connectivity index (χ0) is 20.7. The van der Waals surface area contributed by atoms with Crippen LogP contribution < -0.4 is 0 Å². The van der Waals surface area contributed by atoms with Gasteiger partial charge >= 0.3 is 0 Å². The molecule has 3 aromatic carbocycles. The molecule has 0 atom stereocenters. The van der Waals surface area contributed by atoms with E-state index < -0.39 is 7.38 Å². The highest BCUT2D eigenvalue weighted by atomic mass is 35.6. The zero-order valence-electron chi connectivity index (χ0n) is 16.8. The van der Waals surface area contributed by atoms with Gasteiger partial charge in [0.25, 0.3) is 0 Å². The molecule has 0 fully saturated rings. The largest absolute Gasteiger partial charge is 0.169 e. The Hall–Kier alpha value is -2.61. The molecule has 0 saturated carbocycles. The fourth-order valence-electron chi connectivity index (χ4n) is 3.60. The van der Waals surface area contributed by atoms with E-state index in [0.717, 1.165) is 34.8 Å². The van der Waals surface area contributed by atoms with Crippen LogP contribution in [0.5, 0.6) is 0 Å². The maximum absolute atomic E-state index is 7.44. The van der Waals surface area contributed by atoms with Crippen LogP contribution in [0.1, 0.15) is 33.4 Å². The molecule has 0 aromatic heterocycles. The summed E-state index contributed by atoms with van der Waals surface area (Å²) in [6.07, 6.45) is 5.62. The summed E-state index contributed by atoms with van der Waals surface area (Å²) in [5.74, 6) is 0. The van der Waals surface area contributed by atoms with Crippen molar-refractivity contribution >= 4 is 36.7 Å². The molecule has 0 N–H and O–H groups in total. The van der Waals surface area contributed by atoms with Gasteiger partial charge in [-0.1, -0.05) is 111 Å². The minimum absolute atomic E-state index is 0.929. The first-order valence-corrected chi connectivity index (χ1v) is 13.5. The van der Waals surface area contributed by atoms with E-state index in [1.54, 1.807) is 0 Å². The van der Waals surface area contributed by atoms with E-state index in [-0.39, 0.29) is 0 Å². The average Bonchev–Trinajstić information content (AvgIpc) is 2.75. The van der Waals surface area contributed by atoms with E-state index in [1.165, 1.54) is 16.7 Å². The summed E-state index contributed by atoms with van der Waals surface area (Å²) >= 11 is 7.44. The molecule has 0 aliphatic heterocycles. The van der Waals surface area contributed by atoms with Gasteiger partial charge in [0.15, 0.2) is 7.38 Å². The molecular weight excluding hydrogens is 388 g/mol. The maximum Gasteiger partial charge on any atom is 0.169 e. The van der Waals surface area contributed by atoms with Gasteiger partial charge in [-0.25, -0.2) is 0 Å². The monoisotopic (exact) mass is 414 g/mol. The molecule has 29 heavy (non-hydrogen) atoms. The second-order valence-electron chi connectivity index (χ2n) is 7.52. The van der Waals surface area contributed by atoms with E-state index in [2.05, 4.69) is 92.5 Å². The van der Waals surface area contributed by atoms with Gasteiger partial charge in [-0.3, -0.25) is 0 Å². The van der Waals surface area contributed by atoms with Gasteiger partial charge in [0.2, 0.25) is 0 Å². The summed E-state index contributed by atoms with van der Waals surface area (Å²) in [7, 11) is -2.16. The van der Waals surface area contributed by atoms with Crippen LogP contribution in [0.15, 0.2) is 92.5 Å². The highest BCUT2D eigenvalue weighted by Gasteiger charge is 2.32. The molecule has 0 saturated heterocycles. The van der Waals surface area contributed by atoms with Crippen molar-refractivity contribution in [2.45, 2.75) is 18.1 Å². The van der Waals surface area contributed by atoms with Crippen LogP contribution in [0.3, 0.4) is 0 Å². The fourth-order valence-corrected chi connectivity index (χ4v) is 8.27. The molecule has 0 nitrogen and oxygen atoms in total. The topological polar surface area (TPSA) is 0 Å². The summed E-state index contributed by atoms with van der Waals surface area (Å²) in [4.78, 5) is 0. The molecule has 0 amide bonds. The Labute approximate surface area is 180 Å². The third-order valence-electron chi connectivity index (χ3n) is 5.21. The highest BCUT2D eigenvalue weighted by Crippen LogP contribution is 2.27. The number of benzene rings is 3. The summed E-state index contributed by atoms with van der Waals surface area (Å²) in [5.41, 5.74) is 7.29. The van der Waals surface area contributed by atoms with Crippen LogP contribution >= 0.6 is 11.1 Å². The summed E-state index contributed by atoms with van der Waals surface area (Å²) in [6, 6.07) is 28.6. The Morgan fingerprint density at radius 1 is 0.517 bits per heavy atom. The lowest BCUT2D eigenvalue weighted by atomic mass is 10.1. The lowest BCUT2D eigenvalue weighted by Crippen LogP contribution is -2.37. The van der Waals surface area contributed by atoms with Gasteiger partial charge in [0, 0.05) is 0 Å². The average molecular weight is 415 g/mol. The third-order valence-corrected chi connectivity index (χ3v) is 9.54. The smallest absolute Gasteiger partial charge is 0.166 e. The molecule has 0 aliphatic rings. The number of hydrogen-bond donors (Lipinski definition) is 0. The second-order valence-corrected chi connectivity index (χ2v) is 13.3. The number of rotatable bonds is 9.